The maximum absolute atomic E-state index is 2.34. The van der Waals surface area contributed by atoms with Gasteiger partial charge in [-0.1, -0.05) is 0 Å². The van der Waals surface area contributed by atoms with Crippen molar-refractivity contribution >= 4 is 26.6 Å². The summed E-state index contributed by atoms with van der Waals surface area (Å²) in [5, 5.41) is 0. The molecule has 1 aliphatic heterocycles. The molecule has 0 amide bonds. The third kappa shape index (κ3) is 1.62. The van der Waals surface area contributed by atoms with Crippen LogP contribution in [0.2, 0.25) is 0 Å². The zero-order valence-electron chi connectivity index (χ0n) is 8.44. The van der Waals surface area contributed by atoms with Gasteiger partial charge in [-0.05, 0) is 0 Å². The van der Waals surface area contributed by atoms with Gasteiger partial charge in [0.15, 0.2) is 0 Å². The van der Waals surface area contributed by atoms with Gasteiger partial charge >= 0.3 is 96.4 Å². The first-order valence-electron chi connectivity index (χ1n) is 5.27. The number of benzene rings is 1. The molecule has 0 saturated heterocycles. The monoisotopic (exact) mass is 260 g/mol. The molecule has 74 valence electrons. The molecule has 0 atom stereocenters. The summed E-state index contributed by atoms with van der Waals surface area (Å²) in [6, 6.07) is 8.75. The summed E-state index contributed by atoms with van der Waals surface area (Å²) < 4.78 is 1.56. The van der Waals surface area contributed by atoms with Gasteiger partial charge in [-0.15, -0.1) is 0 Å². The molecule has 15 heavy (non-hydrogen) atoms. The second-order valence-electron chi connectivity index (χ2n) is 3.79. The molecule has 0 radical (unpaired) electrons. The Kier molecular flexibility index (Phi) is 2.36. The van der Waals surface area contributed by atoms with Crippen molar-refractivity contribution in [1.29, 1.82) is 0 Å². The molecule has 2 aliphatic rings. The SMILES string of the molecule is C1=CC2=C(CC1)c1ccccc1C=C[Se]2. The van der Waals surface area contributed by atoms with Gasteiger partial charge in [-0.3, -0.25) is 0 Å². The average molecular weight is 259 g/mol. The fraction of sp³-hybridized carbons (Fsp3) is 0.143. The Morgan fingerprint density at radius 2 is 2.00 bits per heavy atom. The van der Waals surface area contributed by atoms with Crippen molar-refractivity contribution in [3.8, 4) is 0 Å². The van der Waals surface area contributed by atoms with E-state index in [0.29, 0.717) is 15.0 Å². The number of allylic oxidation sites excluding steroid dienone is 4. The van der Waals surface area contributed by atoms with Crippen LogP contribution in [0, 0.1) is 0 Å². The summed E-state index contributed by atoms with van der Waals surface area (Å²) in [6.07, 6.45) is 9.32. The molecule has 0 nitrogen and oxygen atoms in total. The molecule has 0 fully saturated rings. The molecule has 1 aromatic carbocycles. The van der Waals surface area contributed by atoms with Crippen LogP contribution in [-0.2, 0) is 0 Å². The van der Waals surface area contributed by atoms with Crippen LogP contribution in [0.4, 0.5) is 0 Å². The Morgan fingerprint density at radius 1 is 1.07 bits per heavy atom. The van der Waals surface area contributed by atoms with E-state index >= 15 is 0 Å². The first-order chi connectivity index (χ1) is 7.45. The Hall–Kier alpha value is -1.04. The Balaban J connectivity index is 2.23. The number of rotatable bonds is 0. The van der Waals surface area contributed by atoms with E-state index in [2.05, 4.69) is 47.5 Å². The van der Waals surface area contributed by atoms with E-state index in [-0.39, 0.29) is 0 Å². The molecule has 0 aromatic heterocycles. The Morgan fingerprint density at radius 3 is 3.00 bits per heavy atom. The Labute approximate surface area is 96.6 Å². The molecular formula is C14H12Se. The van der Waals surface area contributed by atoms with Gasteiger partial charge in [-0.2, -0.15) is 0 Å². The number of hydrogen-bond donors (Lipinski definition) is 0. The van der Waals surface area contributed by atoms with E-state index in [1.807, 2.05) is 0 Å². The van der Waals surface area contributed by atoms with Crippen LogP contribution >= 0.6 is 0 Å². The van der Waals surface area contributed by atoms with Crippen molar-refractivity contribution in [3.63, 3.8) is 0 Å². The summed E-state index contributed by atoms with van der Waals surface area (Å²) >= 11 is 0.519. The summed E-state index contributed by atoms with van der Waals surface area (Å²) in [6.45, 7) is 0. The normalized spacial score (nSPS) is 18.4. The van der Waals surface area contributed by atoms with Gasteiger partial charge in [0, 0.05) is 0 Å². The predicted octanol–water partition coefficient (Wildman–Crippen LogP) is 3.44. The molecule has 0 saturated carbocycles. The summed E-state index contributed by atoms with van der Waals surface area (Å²) in [5.74, 6) is 0. The molecule has 1 heteroatoms. The second-order valence-corrected chi connectivity index (χ2v) is 5.78. The van der Waals surface area contributed by atoms with Crippen LogP contribution in [0.15, 0.2) is 45.9 Å². The van der Waals surface area contributed by atoms with Crippen LogP contribution in [0.1, 0.15) is 24.0 Å². The third-order valence-electron chi connectivity index (χ3n) is 2.86. The third-order valence-corrected chi connectivity index (χ3v) is 4.76. The van der Waals surface area contributed by atoms with Crippen molar-refractivity contribution in [1.82, 2.24) is 0 Å². The van der Waals surface area contributed by atoms with Crippen LogP contribution in [0.5, 0.6) is 0 Å². The van der Waals surface area contributed by atoms with E-state index in [0.717, 1.165) is 0 Å². The first kappa shape index (κ1) is 9.20. The van der Waals surface area contributed by atoms with Crippen LogP contribution in [0.25, 0.3) is 11.6 Å². The molecule has 0 N–H and O–H groups in total. The van der Waals surface area contributed by atoms with Gasteiger partial charge in [-0.25, -0.2) is 0 Å². The van der Waals surface area contributed by atoms with E-state index in [9.17, 15) is 0 Å². The first-order valence-corrected chi connectivity index (χ1v) is 7.12. The van der Waals surface area contributed by atoms with Crippen molar-refractivity contribution in [2.45, 2.75) is 12.8 Å². The molecule has 0 unspecified atom stereocenters. The van der Waals surface area contributed by atoms with Crippen LogP contribution in [-0.4, -0.2) is 15.0 Å². The molecule has 1 aliphatic carbocycles. The van der Waals surface area contributed by atoms with Gasteiger partial charge < -0.3 is 0 Å². The molecule has 0 bridgehead atoms. The zero-order valence-corrected chi connectivity index (χ0v) is 10.2. The van der Waals surface area contributed by atoms with Gasteiger partial charge in [0.1, 0.15) is 0 Å². The fourth-order valence-corrected chi connectivity index (χ4v) is 3.99. The van der Waals surface area contributed by atoms with Gasteiger partial charge in [0.2, 0.25) is 0 Å². The minimum absolute atomic E-state index is 0.519. The van der Waals surface area contributed by atoms with Crippen LogP contribution < -0.4 is 0 Å². The Bertz CT molecular complexity index is 478. The van der Waals surface area contributed by atoms with Crippen LogP contribution in [0.3, 0.4) is 0 Å². The van der Waals surface area contributed by atoms with E-state index < -0.39 is 0 Å². The number of fused-ring (bicyclic) bond motifs is 2. The van der Waals surface area contributed by atoms with Gasteiger partial charge in [0.25, 0.3) is 0 Å². The van der Waals surface area contributed by atoms with Crippen molar-refractivity contribution in [2.75, 3.05) is 0 Å². The molecule has 0 spiro atoms. The second kappa shape index (κ2) is 3.84. The summed E-state index contributed by atoms with van der Waals surface area (Å²) in [5.41, 5.74) is 4.42. The maximum atomic E-state index is 2.34. The number of hydrogen-bond acceptors (Lipinski definition) is 0. The summed E-state index contributed by atoms with van der Waals surface area (Å²) in [7, 11) is 0. The van der Waals surface area contributed by atoms with Gasteiger partial charge in [0.05, 0.1) is 0 Å². The van der Waals surface area contributed by atoms with Crippen molar-refractivity contribution in [2.24, 2.45) is 0 Å². The van der Waals surface area contributed by atoms with Crippen molar-refractivity contribution in [3.05, 3.63) is 57.0 Å². The summed E-state index contributed by atoms with van der Waals surface area (Å²) in [4.78, 5) is 2.34. The quantitative estimate of drug-likeness (QED) is 0.626. The molecule has 1 heterocycles. The molecule has 1 aromatic rings. The van der Waals surface area contributed by atoms with E-state index in [1.165, 1.54) is 24.0 Å². The average Bonchev–Trinajstić information content (AvgIpc) is 2.48. The van der Waals surface area contributed by atoms with E-state index in [4.69, 9.17) is 0 Å². The molecular weight excluding hydrogens is 247 g/mol. The zero-order chi connectivity index (χ0) is 10.1. The predicted molar refractivity (Wildman–Crippen MR) is 66.5 cm³/mol. The fourth-order valence-electron chi connectivity index (χ4n) is 2.12. The standard InChI is InChI=1S/C14H12Se/c1-2-6-12-11(5-1)9-10-15-14-8-4-3-7-13(12)14/h1-2,4-6,8-10H,3,7H2. The van der Waals surface area contributed by atoms with E-state index in [1.54, 1.807) is 10.0 Å². The topological polar surface area (TPSA) is 0 Å². The van der Waals surface area contributed by atoms with Crippen molar-refractivity contribution < 1.29 is 0 Å². The molecule has 3 rings (SSSR count). The minimum atomic E-state index is 0.519.